The van der Waals surface area contributed by atoms with Gasteiger partial charge in [-0.25, -0.2) is 5.43 Å². The Morgan fingerprint density at radius 3 is 2.20 bits per heavy atom. The van der Waals surface area contributed by atoms with Gasteiger partial charge in [-0.05, 0) is 12.1 Å². The van der Waals surface area contributed by atoms with Crippen molar-refractivity contribution in [2.75, 3.05) is 7.11 Å². The minimum Gasteiger partial charge on any atom is -0.495 e. The maximum absolute atomic E-state index is 13.1. The lowest BCUT2D eigenvalue weighted by molar-refractivity contribution is -0.344. The fourth-order valence-electron chi connectivity index (χ4n) is 1.44. The highest BCUT2D eigenvalue weighted by atomic mass is 35.5. The molecule has 0 saturated carbocycles. The van der Waals surface area contributed by atoms with Crippen molar-refractivity contribution in [3.8, 4) is 5.75 Å². The average Bonchev–Trinajstić information content (AvgIpc) is 2.45. The number of hydrogen-bond donors (Lipinski definition) is 1. The number of hydrogen-bond acceptors (Lipinski definition) is 3. The quantitative estimate of drug-likeness (QED) is 0.444. The minimum atomic E-state index is -6.64. The lowest BCUT2D eigenvalue weighted by atomic mass is 10.1. The highest BCUT2D eigenvalue weighted by Gasteiger charge is 2.76. The summed E-state index contributed by atoms with van der Waals surface area (Å²) in [6.07, 6.45) is -6.02. The smallest absolute Gasteiger partial charge is 0.460 e. The van der Waals surface area contributed by atoms with Gasteiger partial charge >= 0.3 is 23.9 Å². The van der Waals surface area contributed by atoms with E-state index in [1.807, 2.05) is 0 Å². The molecule has 0 aromatic heterocycles. The molecular weight excluding hydrogens is 408 g/mol. The van der Waals surface area contributed by atoms with Gasteiger partial charge in [-0.15, -0.1) is 0 Å². The van der Waals surface area contributed by atoms with E-state index in [-0.39, 0.29) is 21.4 Å². The van der Waals surface area contributed by atoms with Gasteiger partial charge in [-0.3, -0.25) is 4.79 Å². The number of benzene rings is 1. The third-order valence-electron chi connectivity index (χ3n) is 2.65. The van der Waals surface area contributed by atoms with Crippen molar-refractivity contribution in [2.45, 2.75) is 18.0 Å². The molecule has 0 aliphatic carbocycles. The van der Waals surface area contributed by atoms with Gasteiger partial charge in [0.1, 0.15) is 5.75 Å². The predicted octanol–water partition coefficient (Wildman–Crippen LogP) is 4.29. The summed E-state index contributed by atoms with van der Waals surface area (Å²) in [7, 11) is 1.17. The molecule has 0 fully saturated rings. The number of nitrogens with zero attached hydrogens (tertiary/aromatic N) is 1. The van der Waals surface area contributed by atoms with E-state index in [0.29, 0.717) is 6.21 Å². The third kappa shape index (κ3) is 4.27. The summed E-state index contributed by atoms with van der Waals surface area (Å²) in [4.78, 5) is 11.0. The zero-order chi connectivity index (χ0) is 19.6. The van der Waals surface area contributed by atoms with Gasteiger partial charge < -0.3 is 4.74 Å². The monoisotopic (exact) mass is 414 g/mol. The number of ether oxygens (including phenoxy) is 1. The van der Waals surface area contributed by atoms with Crippen LogP contribution in [0.1, 0.15) is 5.56 Å². The molecule has 0 atom stereocenters. The zero-order valence-corrected chi connectivity index (χ0v) is 13.4. The van der Waals surface area contributed by atoms with E-state index in [0.717, 1.165) is 11.5 Å². The van der Waals surface area contributed by atoms with Crippen molar-refractivity contribution < 1.29 is 40.3 Å². The molecule has 0 radical (unpaired) electrons. The first kappa shape index (κ1) is 21.3. The van der Waals surface area contributed by atoms with Crippen LogP contribution in [-0.4, -0.2) is 37.3 Å². The van der Waals surface area contributed by atoms with Crippen molar-refractivity contribution >= 4 is 35.3 Å². The second kappa shape index (κ2) is 7.24. The number of hydrazone groups is 1. The van der Waals surface area contributed by atoms with E-state index in [9.17, 15) is 35.5 Å². The van der Waals surface area contributed by atoms with Gasteiger partial charge in [-0.2, -0.15) is 35.8 Å². The van der Waals surface area contributed by atoms with Gasteiger partial charge in [0.25, 0.3) is 0 Å². The highest BCUT2D eigenvalue weighted by molar-refractivity contribution is 6.36. The van der Waals surface area contributed by atoms with Crippen LogP contribution in [-0.2, 0) is 4.79 Å². The molecule has 0 aliphatic heterocycles. The number of halogens is 9. The summed E-state index contributed by atoms with van der Waals surface area (Å²) in [5.74, 6) is -15.7. The van der Waals surface area contributed by atoms with Crippen molar-refractivity contribution in [2.24, 2.45) is 5.10 Å². The summed E-state index contributed by atoms with van der Waals surface area (Å²) in [5.41, 5.74) is 0.835. The first-order valence-electron chi connectivity index (χ1n) is 5.94. The number of carbonyl (C=O) groups excluding carboxylic acids is 1. The van der Waals surface area contributed by atoms with E-state index in [1.165, 1.54) is 13.2 Å². The maximum atomic E-state index is 13.1. The average molecular weight is 415 g/mol. The fourth-order valence-corrected chi connectivity index (χ4v) is 2.03. The number of methoxy groups -OCH3 is 1. The lowest BCUT2D eigenvalue weighted by Gasteiger charge is -2.26. The molecule has 1 rings (SSSR count). The Morgan fingerprint density at radius 1 is 1.16 bits per heavy atom. The number of carbonyl (C=O) groups is 1. The van der Waals surface area contributed by atoms with Gasteiger partial charge in [-0.1, -0.05) is 23.2 Å². The van der Waals surface area contributed by atoms with Crippen molar-refractivity contribution in [1.82, 2.24) is 5.43 Å². The molecule has 0 unspecified atom stereocenters. The van der Waals surface area contributed by atoms with Crippen LogP contribution >= 0.6 is 23.2 Å². The second-order valence-electron chi connectivity index (χ2n) is 4.36. The maximum Gasteiger partial charge on any atom is 0.460 e. The fraction of sp³-hybridized carbons (Fsp3) is 0.333. The van der Waals surface area contributed by atoms with Crippen LogP contribution in [0, 0.1) is 0 Å². The summed E-state index contributed by atoms with van der Waals surface area (Å²) < 4.78 is 92.3. The van der Waals surface area contributed by atoms with Crippen molar-refractivity contribution in [3.05, 3.63) is 27.7 Å². The van der Waals surface area contributed by atoms with Gasteiger partial charge in [0.15, 0.2) is 0 Å². The first-order valence-corrected chi connectivity index (χ1v) is 6.70. The molecule has 4 nitrogen and oxygen atoms in total. The van der Waals surface area contributed by atoms with Gasteiger partial charge in [0.05, 0.1) is 18.3 Å². The number of amides is 1. The topological polar surface area (TPSA) is 50.7 Å². The molecule has 0 heterocycles. The van der Waals surface area contributed by atoms with Crippen molar-refractivity contribution in [3.63, 3.8) is 0 Å². The van der Waals surface area contributed by atoms with Crippen molar-refractivity contribution in [1.29, 1.82) is 0 Å². The lowest BCUT2D eigenvalue weighted by Crippen LogP contribution is -2.58. The molecule has 0 aliphatic rings. The molecule has 0 bridgehead atoms. The van der Waals surface area contributed by atoms with Gasteiger partial charge in [0.2, 0.25) is 0 Å². The van der Waals surface area contributed by atoms with E-state index < -0.39 is 23.9 Å². The molecule has 13 heteroatoms. The Balaban J connectivity index is 3.02. The number of alkyl halides is 7. The molecule has 25 heavy (non-hydrogen) atoms. The van der Waals surface area contributed by atoms with Crippen LogP contribution in [0.25, 0.3) is 0 Å². The molecular formula is C12H7Cl2F7N2O2. The standard InChI is InChI=1S/C12H7Cl2F7N2O2/c1-25-8-5(2-6(13)3-7(8)14)4-22-23-9(24)10(15,16)11(17,18)12(19,20)21/h2-4H,1H3,(H,23,24). The van der Waals surface area contributed by atoms with E-state index in [1.54, 1.807) is 0 Å². The Morgan fingerprint density at radius 2 is 1.72 bits per heavy atom. The van der Waals surface area contributed by atoms with E-state index in [4.69, 9.17) is 27.9 Å². The molecule has 1 aromatic carbocycles. The van der Waals surface area contributed by atoms with Crippen LogP contribution in [0.2, 0.25) is 10.0 Å². The Bertz CT molecular complexity index is 693. The predicted molar refractivity (Wildman–Crippen MR) is 74.7 cm³/mol. The van der Waals surface area contributed by atoms with Crippen LogP contribution in [0.3, 0.4) is 0 Å². The summed E-state index contributed by atoms with van der Waals surface area (Å²) >= 11 is 11.4. The summed E-state index contributed by atoms with van der Waals surface area (Å²) in [5, 5.41) is 2.91. The number of nitrogens with one attached hydrogen (secondary N) is 1. The van der Waals surface area contributed by atoms with E-state index >= 15 is 0 Å². The van der Waals surface area contributed by atoms with Crippen LogP contribution in [0.5, 0.6) is 5.75 Å². The molecule has 1 amide bonds. The molecule has 1 aromatic rings. The van der Waals surface area contributed by atoms with Crippen LogP contribution < -0.4 is 10.2 Å². The summed E-state index contributed by atoms with van der Waals surface area (Å²) in [6, 6.07) is 2.40. The third-order valence-corrected chi connectivity index (χ3v) is 3.15. The van der Waals surface area contributed by atoms with Gasteiger partial charge in [0, 0.05) is 10.6 Å². The Kier molecular flexibility index (Phi) is 6.17. The normalized spacial score (nSPS) is 13.2. The molecule has 0 spiro atoms. The molecule has 1 N–H and O–H groups in total. The first-order chi connectivity index (χ1) is 11.3. The largest absolute Gasteiger partial charge is 0.495 e. The summed E-state index contributed by atoms with van der Waals surface area (Å²) in [6.45, 7) is 0. The zero-order valence-electron chi connectivity index (χ0n) is 11.9. The van der Waals surface area contributed by atoms with E-state index in [2.05, 4.69) is 5.10 Å². The number of rotatable bonds is 5. The molecule has 140 valence electrons. The van der Waals surface area contributed by atoms with Crippen LogP contribution in [0.15, 0.2) is 17.2 Å². The second-order valence-corrected chi connectivity index (χ2v) is 5.20. The minimum absolute atomic E-state index is 0.0308. The van der Waals surface area contributed by atoms with Crippen LogP contribution in [0.4, 0.5) is 30.7 Å². The highest BCUT2D eigenvalue weighted by Crippen LogP contribution is 2.46. The molecule has 0 saturated heterocycles. The Hall–Kier alpha value is -1.75. The Labute approximate surface area is 145 Å². The SMILES string of the molecule is COc1c(Cl)cc(Cl)cc1C=NNC(=O)C(F)(F)C(F)(F)C(F)(F)F.